The van der Waals surface area contributed by atoms with E-state index < -0.39 is 0 Å². The standard InChI is InChI=1S/C13H15BrN2O.ClH/c14-11-3-1-10(2-4-11)12(17)16-8-7-15-9-13(16)5-6-13;/h1-4,15H,5-9H2;1H. The van der Waals surface area contributed by atoms with Crippen LogP contribution in [0.5, 0.6) is 0 Å². The molecule has 3 nitrogen and oxygen atoms in total. The van der Waals surface area contributed by atoms with Crippen LogP contribution in [0.1, 0.15) is 23.2 Å². The second kappa shape index (κ2) is 5.19. The summed E-state index contributed by atoms with van der Waals surface area (Å²) in [5, 5.41) is 3.38. The van der Waals surface area contributed by atoms with E-state index in [9.17, 15) is 4.79 Å². The lowest BCUT2D eigenvalue weighted by atomic mass is 10.1. The van der Waals surface area contributed by atoms with E-state index in [2.05, 4.69) is 26.1 Å². The molecule has 0 atom stereocenters. The fourth-order valence-corrected chi connectivity index (χ4v) is 2.77. The molecule has 1 saturated heterocycles. The van der Waals surface area contributed by atoms with Crippen LogP contribution in [0.4, 0.5) is 0 Å². The SMILES string of the molecule is Cl.O=C(c1ccc(Br)cc1)N1CCNCC12CC2. The van der Waals surface area contributed by atoms with Gasteiger partial charge >= 0.3 is 0 Å². The molecule has 2 fully saturated rings. The Morgan fingerprint density at radius 2 is 1.94 bits per heavy atom. The van der Waals surface area contributed by atoms with Gasteiger partial charge in [-0.3, -0.25) is 4.79 Å². The molecule has 3 rings (SSSR count). The molecule has 0 unspecified atom stereocenters. The van der Waals surface area contributed by atoms with Gasteiger partial charge in [0.1, 0.15) is 0 Å². The number of hydrogen-bond acceptors (Lipinski definition) is 2. The number of benzene rings is 1. The van der Waals surface area contributed by atoms with E-state index in [4.69, 9.17) is 0 Å². The van der Waals surface area contributed by atoms with E-state index in [0.29, 0.717) is 0 Å². The van der Waals surface area contributed by atoms with Crippen molar-refractivity contribution in [3.63, 3.8) is 0 Å². The molecule has 1 aromatic carbocycles. The lowest BCUT2D eigenvalue weighted by Gasteiger charge is -2.36. The van der Waals surface area contributed by atoms with Crippen LogP contribution in [-0.2, 0) is 0 Å². The van der Waals surface area contributed by atoms with Crippen LogP contribution in [0, 0.1) is 0 Å². The van der Waals surface area contributed by atoms with E-state index in [0.717, 1.165) is 42.5 Å². The first-order valence-corrected chi connectivity index (χ1v) is 6.79. The number of carbonyl (C=O) groups is 1. The van der Waals surface area contributed by atoms with Gasteiger partial charge in [-0.25, -0.2) is 0 Å². The number of halogens is 2. The summed E-state index contributed by atoms with van der Waals surface area (Å²) in [5.41, 5.74) is 0.920. The highest BCUT2D eigenvalue weighted by Gasteiger charge is 2.51. The van der Waals surface area contributed by atoms with Gasteiger partial charge in [0.05, 0.1) is 5.54 Å². The van der Waals surface area contributed by atoms with E-state index >= 15 is 0 Å². The molecule has 0 radical (unpaired) electrons. The maximum atomic E-state index is 12.4. The van der Waals surface area contributed by atoms with Gasteiger partial charge in [-0.15, -0.1) is 12.4 Å². The molecule has 0 bridgehead atoms. The van der Waals surface area contributed by atoms with Crippen LogP contribution in [0.2, 0.25) is 0 Å². The summed E-state index contributed by atoms with van der Waals surface area (Å²) in [5.74, 6) is 0.177. The molecular formula is C13H16BrClN2O. The third-order valence-corrected chi connectivity index (χ3v) is 4.23. The number of hydrogen-bond donors (Lipinski definition) is 1. The number of nitrogens with zero attached hydrogens (tertiary/aromatic N) is 1. The number of rotatable bonds is 1. The molecule has 1 saturated carbocycles. The predicted molar refractivity (Wildman–Crippen MR) is 77.3 cm³/mol. The van der Waals surface area contributed by atoms with Gasteiger partial charge in [0.15, 0.2) is 0 Å². The Morgan fingerprint density at radius 3 is 2.56 bits per heavy atom. The van der Waals surface area contributed by atoms with Gasteiger partial charge in [0.25, 0.3) is 5.91 Å². The van der Waals surface area contributed by atoms with E-state index in [1.807, 2.05) is 24.3 Å². The minimum atomic E-state index is 0. The van der Waals surface area contributed by atoms with Crippen molar-refractivity contribution in [2.45, 2.75) is 18.4 Å². The molecule has 5 heteroatoms. The summed E-state index contributed by atoms with van der Waals surface area (Å²) in [6.45, 7) is 2.69. The third-order valence-electron chi connectivity index (χ3n) is 3.70. The monoisotopic (exact) mass is 330 g/mol. The molecule has 98 valence electrons. The van der Waals surface area contributed by atoms with E-state index in [1.165, 1.54) is 0 Å². The number of piperazine rings is 1. The quantitative estimate of drug-likeness (QED) is 0.857. The van der Waals surface area contributed by atoms with E-state index in [1.54, 1.807) is 0 Å². The lowest BCUT2D eigenvalue weighted by molar-refractivity contribution is 0.0600. The molecule has 18 heavy (non-hydrogen) atoms. The topological polar surface area (TPSA) is 32.3 Å². The van der Waals surface area contributed by atoms with Crippen LogP contribution in [0.25, 0.3) is 0 Å². The maximum Gasteiger partial charge on any atom is 0.254 e. The number of nitrogens with one attached hydrogen (secondary N) is 1. The zero-order chi connectivity index (χ0) is 11.9. The molecule has 1 spiro atoms. The number of carbonyl (C=O) groups excluding carboxylic acids is 1. The van der Waals surface area contributed by atoms with Gasteiger partial charge in [-0.1, -0.05) is 15.9 Å². The van der Waals surface area contributed by atoms with Crippen molar-refractivity contribution in [3.05, 3.63) is 34.3 Å². The Kier molecular flexibility index (Phi) is 3.99. The highest BCUT2D eigenvalue weighted by atomic mass is 79.9. The summed E-state index contributed by atoms with van der Waals surface area (Å²) < 4.78 is 1.01. The Morgan fingerprint density at radius 1 is 1.28 bits per heavy atom. The molecule has 1 aromatic rings. The molecule has 1 N–H and O–H groups in total. The van der Waals surface area contributed by atoms with Crippen molar-refractivity contribution in [2.24, 2.45) is 0 Å². The largest absolute Gasteiger partial charge is 0.330 e. The summed E-state index contributed by atoms with van der Waals surface area (Å²) in [4.78, 5) is 14.5. The summed E-state index contributed by atoms with van der Waals surface area (Å²) >= 11 is 3.39. The number of amides is 1. The molecule has 2 aliphatic rings. The van der Waals surface area contributed by atoms with Crippen molar-refractivity contribution in [3.8, 4) is 0 Å². The maximum absolute atomic E-state index is 12.4. The van der Waals surface area contributed by atoms with Gasteiger partial charge in [-0.2, -0.15) is 0 Å². The predicted octanol–water partition coefficient (Wildman–Crippen LogP) is 2.45. The molecular weight excluding hydrogens is 316 g/mol. The van der Waals surface area contributed by atoms with Gasteiger partial charge in [0.2, 0.25) is 0 Å². The average molecular weight is 332 g/mol. The molecule has 1 aliphatic heterocycles. The normalized spacial score (nSPS) is 20.4. The Bertz CT molecular complexity index is 445. The Labute approximate surface area is 121 Å². The second-order valence-corrected chi connectivity index (χ2v) is 5.78. The molecule has 0 aromatic heterocycles. The van der Waals surface area contributed by atoms with Crippen molar-refractivity contribution < 1.29 is 4.79 Å². The van der Waals surface area contributed by atoms with E-state index in [-0.39, 0.29) is 23.9 Å². The summed E-state index contributed by atoms with van der Waals surface area (Å²) in [6.07, 6.45) is 2.28. The average Bonchev–Trinajstić information content (AvgIpc) is 3.10. The molecule has 1 aliphatic carbocycles. The second-order valence-electron chi connectivity index (χ2n) is 4.86. The fraction of sp³-hybridized carbons (Fsp3) is 0.462. The van der Waals surface area contributed by atoms with Crippen LogP contribution in [0.3, 0.4) is 0 Å². The summed E-state index contributed by atoms with van der Waals surface area (Å²) in [6, 6.07) is 7.64. The zero-order valence-corrected chi connectivity index (χ0v) is 12.4. The van der Waals surface area contributed by atoms with Crippen LogP contribution < -0.4 is 5.32 Å². The van der Waals surface area contributed by atoms with Crippen molar-refractivity contribution in [1.82, 2.24) is 10.2 Å². The smallest absolute Gasteiger partial charge is 0.254 e. The Balaban J connectivity index is 0.00000120. The van der Waals surface area contributed by atoms with Gasteiger partial charge < -0.3 is 10.2 Å². The molecule has 1 amide bonds. The first-order valence-electron chi connectivity index (χ1n) is 6.00. The lowest BCUT2D eigenvalue weighted by Crippen LogP contribution is -2.55. The van der Waals surface area contributed by atoms with Crippen LogP contribution in [-0.4, -0.2) is 36.0 Å². The fourth-order valence-electron chi connectivity index (χ4n) is 2.50. The highest BCUT2D eigenvalue weighted by Crippen LogP contribution is 2.42. The Hall–Kier alpha value is -0.580. The minimum Gasteiger partial charge on any atom is -0.330 e. The third kappa shape index (κ3) is 2.42. The highest BCUT2D eigenvalue weighted by molar-refractivity contribution is 9.10. The molecule has 1 heterocycles. The van der Waals surface area contributed by atoms with Crippen molar-refractivity contribution >= 4 is 34.2 Å². The minimum absolute atomic E-state index is 0. The zero-order valence-electron chi connectivity index (χ0n) is 9.99. The first kappa shape index (κ1) is 13.8. The van der Waals surface area contributed by atoms with Gasteiger partial charge in [-0.05, 0) is 37.1 Å². The van der Waals surface area contributed by atoms with Crippen molar-refractivity contribution in [1.29, 1.82) is 0 Å². The summed E-state index contributed by atoms with van der Waals surface area (Å²) in [7, 11) is 0. The van der Waals surface area contributed by atoms with Gasteiger partial charge in [0, 0.05) is 29.7 Å². The van der Waals surface area contributed by atoms with Crippen molar-refractivity contribution in [2.75, 3.05) is 19.6 Å². The first-order chi connectivity index (χ1) is 8.21. The van der Waals surface area contributed by atoms with Crippen LogP contribution in [0.15, 0.2) is 28.7 Å². The van der Waals surface area contributed by atoms with Crippen LogP contribution >= 0.6 is 28.3 Å².